The third kappa shape index (κ3) is 7.19. The van der Waals surface area contributed by atoms with E-state index in [2.05, 4.69) is 11.0 Å². The van der Waals surface area contributed by atoms with Gasteiger partial charge in [0.1, 0.15) is 12.4 Å². The Morgan fingerprint density at radius 3 is 2.56 bits per heavy atom. The summed E-state index contributed by atoms with van der Waals surface area (Å²) in [4.78, 5) is 29.6. The third-order valence-electron chi connectivity index (χ3n) is 10.00. The zero-order chi connectivity index (χ0) is 33.9. The molecular formula is C37H47NO10. The fourth-order valence-electron chi connectivity index (χ4n) is 7.66. The van der Waals surface area contributed by atoms with Gasteiger partial charge in [0.2, 0.25) is 6.79 Å². The highest BCUT2D eigenvalue weighted by atomic mass is 16.7. The van der Waals surface area contributed by atoms with Gasteiger partial charge in [0.15, 0.2) is 23.2 Å². The van der Waals surface area contributed by atoms with Gasteiger partial charge in [-0.3, -0.25) is 9.69 Å². The molecule has 48 heavy (non-hydrogen) atoms. The van der Waals surface area contributed by atoms with Crippen molar-refractivity contribution < 1.29 is 48.2 Å². The van der Waals surface area contributed by atoms with E-state index in [0.29, 0.717) is 30.3 Å². The summed E-state index contributed by atoms with van der Waals surface area (Å²) < 4.78 is 34.6. The number of carbonyl (C=O) groups excluding carboxylic acids is 2. The summed E-state index contributed by atoms with van der Waals surface area (Å²) in [7, 11) is 1.56. The van der Waals surface area contributed by atoms with Gasteiger partial charge in [-0.25, -0.2) is 4.79 Å². The van der Waals surface area contributed by atoms with Crippen LogP contribution in [0.1, 0.15) is 75.0 Å². The van der Waals surface area contributed by atoms with Gasteiger partial charge in [-0.15, -0.1) is 0 Å². The minimum absolute atomic E-state index is 0.0348. The van der Waals surface area contributed by atoms with Crippen molar-refractivity contribution in [3.8, 4) is 11.5 Å². The number of aliphatic hydroxyl groups is 2. The fourth-order valence-corrected chi connectivity index (χ4v) is 7.66. The molecule has 1 unspecified atom stereocenters. The van der Waals surface area contributed by atoms with Crippen LogP contribution in [0.15, 0.2) is 54.3 Å². The van der Waals surface area contributed by atoms with E-state index in [9.17, 15) is 19.8 Å². The van der Waals surface area contributed by atoms with E-state index in [-0.39, 0.29) is 38.8 Å². The first-order valence-corrected chi connectivity index (χ1v) is 16.9. The summed E-state index contributed by atoms with van der Waals surface area (Å²) >= 11 is 0. The summed E-state index contributed by atoms with van der Waals surface area (Å²) in [5.41, 5.74) is -0.596. The number of rotatable bonds is 14. The quantitative estimate of drug-likeness (QED) is 0.223. The minimum atomic E-state index is -2.19. The zero-order valence-electron chi connectivity index (χ0n) is 28.1. The number of carbonyl (C=O) groups is 2. The maximum absolute atomic E-state index is 14.1. The predicted molar refractivity (Wildman–Crippen MR) is 174 cm³/mol. The van der Waals surface area contributed by atoms with E-state index in [1.807, 2.05) is 42.5 Å². The van der Waals surface area contributed by atoms with Crippen molar-refractivity contribution in [3.05, 3.63) is 71.0 Å². The van der Waals surface area contributed by atoms with Crippen LogP contribution >= 0.6 is 0 Å². The van der Waals surface area contributed by atoms with Gasteiger partial charge in [0, 0.05) is 6.54 Å². The number of hydrogen-bond acceptors (Lipinski definition) is 11. The van der Waals surface area contributed by atoms with Gasteiger partial charge in [0.05, 0.1) is 43.8 Å². The molecule has 2 aromatic carbocycles. The lowest BCUT2D eigenvalue weighted by molar-refractivity contribution is -0.179. The molecule has 2 N–H and O–H groups in total. The van der Waals surface area contributed by atoms with Gasteiger partial charge >= 0.3 is 11.9 Å². The highest BCUT2D eigenvalue weighted by Gasteiger charge is 2.59. The normalized spacial score (nSPS) is 24.1. The average molecular weight is 666 g/mol. The molecule has 1 fully saturated rings. The van der Waals surface area contributed by atoms with Crippen LogP contribution in [0.25, 0.3) is 0 Å². The molecule has 11 heteroatoms. The van der Waals surface area contributed by atoms with Crippen LogP contribution in [-0.4, -0.2) is 90.1 Å². The molecule has 0 aromatic heterocycles. The van der Waals surface area contributed by atoms with E-state index in [1.165, 1.54) is 0 Å². The minimum Gasteiger partial charge on any atom is -0.497 e. The first-order valence-electron chi connectivity index (χ1n) is 16.9. The number of hydrogen-bond donors (Lipinski definition) is 2. The van der Waals surface area contributed by atoms with E-state index in [0.717, 1.165) is 49.0 Å². The Labute approximate surface area is 281 Å². The number of esters is 2. The molecule has 3 aliphatic heterocycles. The Balaban J connectivity index is 1.21. The Kier molecular flexibility index (Phi) is 10.0. The molecule has 3 heterocycles. The summed E-state index contributed by atoms with van der Waals surface area (Å²) in [5.74, 6) is -0.174. The second-order valence-corrected chi connectivity index (χ2v) is 13.9. The van der Waals surface area contributed by atoms with Crippen molar-refractivity contribution in [1.29, 1.82) is 0 Å². The highest BCUT2D eigenvalue weighted by molar-refractivity contribution is 5.86. The van der Waals surface area contributed by atoms with Crippen molar-refractivity contribution >= 4 is 11.9 Å². The highest BCUT2D eigenvalue weighted by Crippen LogP contribution is 2.55. The standard InChI is InChI=1S/C37H47NO10/c1-35(2,41)12-7-14-37(42,22-31(39)45-18-17-44-23-25-9-5-4-6-10-25)34(40)48-33-30(43-3)21-36-13-8-15-38(36)16-11-26-19-28-29(47-24-46-28)20-27(26)32(33)36/h4-6,9-10,19-21,32-33,41-42H,7-8,11-18,22-24H2,1-3H3/t32-,33?,36-,37-/m1/s1. The maximum Gasteiger partial charge on any atom is 0.339 e. The fraction of sp³-hybridized carbons (Fsp3) is 0.568. The van der Waals surface area contributed by atoms with Crippen LogP contribution in [0.2, 0.25) is 0 Å². The van der Waals surface area contributed by atoms with Gasteiger partial charge in [0.25, 0.3) is 0 Å². The van der Waals surface area contributed by atoms with Crippen LogP contribution < -0.4 is 9.47 Å². The van der Waals surface area contributed by atoms with E-state index >= 15 is 0 Å². The molecule has 4 atom stereocenters. The van der Waals surface area contributed by atoms with Crippen LogP contribution in [-0.2, 0) is 41.6 Å². The lowest BCUT2D eigenvalue weighted by Gasteiger charge is -2.39. The third-order valence-corrected chi connectivity index (χ3v) is 10.00. The van der Waals surface area contributed by atoms with Crippen LogP contribution in [0, 0.1) is 0 Å². The monoisotopic (exact) mass is 665 g/mol. The van der Waals surface area contributed by atoms with Crippen molar-refractivity contribution in [2.75, 3.05) is 40.2 Å². The van der Waals surface area contributed by atoms with E-state index in [1.54, 1.807) is 21.0 Å². The van der Waals surface area contributed by atoms with Crippen molar-refractivity contribution in [1.82, 2.24) is 4.90 Å². The van der Waals surface area contributed by atoms with Gasteiger partial charge < -0.3 is 38.6 Å². The number of benzene rings is 2. The first kappa shape index (κ1) is 34.2. The first-order chi connectivity index (χ1) is 23.0. The summed E-state index contributed by atoms with van der Waals surface area (Å²) in [6.07, 6.45) is 3.71. The number of nitrogens with zero attached hydrogens (tertiary/aromatic N) is 1. The van der Waals surface area contributed by atoms with Crippen molar-refractivity contribution in [2.24, 2.45) is 0 Å². The van der Waals surface area contributed by atoms with E-state index < -0.39 is 41.2 Å². The smallest absolute Gasteiger partial charge is 0.339 e. The molecule has 1 spiro atoms. The summed E-state index contributed by atoms with van der Waals surface area (Å²) in [6, 6.07) is 13.6. The molecule has 1 aliphatic carbocycles. The van der Waals surface area contributed by atoms with Gasteiger partial charge in [-0.05, 0) is 93.8 Å². The lowest BCUT2D eigenvalue weighted by Crippen LogP contribution is -2.49. The average Bonchev–Trinajstić information content (AvgIpc) is 3.74. The zero-order valence-corrected chi connectivity index (χ0v) is 28.1. The second-order valence-electron chi connectivity index (χ2n) is 13.9. The predicted octanol–water partition coefficient (Wildman–Crippen LogP) is 4.17. The Morgan fingerprint density at radius 1 is 1.04 bits per heavy atom. The molecule has 11 nitrogen and oxygen atoms in total. The molecule has 6 rings (SSSR count). The van der Waals surface area contributed by atoms with E-state index in [4.69, 9.17) is 28.4 Å². The molecule has 0 saturated carbocycles. The van der Waals surface area contributed by atoms with Crippen LogP contribution in [0.4, 0.5) is 0 Å². The summed E-state index contributed by atoms with van der Waals surface area (Å²) in [6.45, 7) is 5.67. The molecule has 0 bridgehead atoms. The lowest BCUT2D eigenvalue weighted by atomic mass is 9.77. The molecule has 4 aliphatic rings. The molecule has 1 saturated heterocycles. The summed E-state index contributed by atoms with van der Waals surface area (Å²) in [5, 5.41) is 22.2. The second kappa shape index (κ2) is 14.1. The van der Waals surface area contributed by atoms with Crippen molar-refractivity contribution in [2.45, 2.75) is 94.2 Å². The molecule has 2 aromatic rings. The largest absolute Gasteiger partial charge is 0.497 e. The molecule has 260 valence electrons. The topological polar surface area (TPSA) is 133 Å². The molecule has 0 amide bonds. The number of ether oxygens (including phenoxy) is 6. The molecule has 0 radical (unpaired) electrons. The van der Waals surface area contributed by atoms with Gasteiger partial charge in [-0.1, -0.05) is 30.3 Å². The molecular weight excluding hydrogens is 618 g/mol. The Bertz CT molecular complexity index is 1500. The van der Waals surface area contributed by atoms with Crippen LogP contribution in [0.3, 0.4) is 0 Å². The SMILES string of the molecule is COC1=C[C@@]23CCCN2CCc2cc4c(cc2[C@@H]3C1OC(=O)[C@@](O)(CCCC(C)(C)O)CC(=O)OCCOCc1ccccc1)OCO4. The van der Waals surface area contributed by atoms with Crippen LogP contribution in [0.5, 0.6) is 11.5 Å². The Hall–Kier alpha value is -3.64. The maximum atomic E-state index is 14.1. The number of fused-ring (bicyclic) bond motifs is 3. The number of methoxy groups -OCH3 is 1. The van der Waals surface area contributed by atoms with Crippen molar-refractivity contribution in [3.63, 3.8) is 0 Å². The Morgan fingerprint density at radius 2 is 1.81 bits per heavy atom. The van der Waals surface area contributed by atoms with Gasteiger partial charge in [-0.2, -0.15) is 0 Å².